The minimum Gasteiger partial charge on any atom is -0.493 e. The molecule has 0 radical (unpaired) electrons. The monoisotopic (exact) mass is 470 g/mol. The first-order valence-electron chi connectivity index (χ1n) is 11.5. The van der Waals surface area contributed by atoms with Crippen molar-refractivity contribution in [2.75, 3.05) is 33.9 Å². The molecule has 33 heavy (non-hydrogen) atoms. The minimum absolute atomic E-state index is 0.0373. The van der Waals surface area contributed by atoms with Crippen LogP contribution in [0.25, 0.3) is 0 Å². The second kappa shape index (κ2) is 12.4. The smallest absolute Gasteiger partial charge is 0.242 e. The summed E-state index contributed by atoms with van der Waals surface area (Å²) in [6.45, 7) is 5.34. The molecule has 7 heteroatoms. The van der Waals surface area contributed by atoms with Gasteiger partial charge >= 0.3 is 0 Å². The lowest BCUT2D eigenvalue weighted by molar-refractivity contribution is -0.142. The van der Waals surface area contributed by atoms with Crippen LogP contribution in [-0.4, -0.2) is 55.5 Å². The number of nitrogens with zero attached hydrogens (tertiary/aromatic N) is 2. The molecule has 3 rings (SSSR count). The average Bonchev–Trinajstić information content (AvgIpc) is 3.55. The van der Waals surface area contributed by atoms with Crippen LogP contribution in [-0.2, 0) is 22.6 Å². The lowest BCUT2D eigenvalue weighted by atomic mass is 10.1. The Morgan fingerprint density at radius 3 is 2.52 bits per heavy atom. The SMILES string of the molecule is C=CCN(CC(=O)N(CCc1ccc(OC)c(OC)c1)Cc1cccs1)C(=O)C1CCCC1. The quantitative estimate of drug-likeness (QED) is 0.427. The molecular weight excluding hydrogens is 436 g/mol. The third-order valence-corrected chi connectivity index (χ3v) is 6.95. The van der Waals surface area contributed by atoms with E-state index in [1.165, 1.54) is 0 Å². The van der Waals surface area contributed by atoms with E-state index in [2.05, 4.69) is 6.58 Å². The summed E-state index contributed by atoms with van der Waals surface area (Å²) < 4.78 is 10.7. The molecule has 1 heterocycles. The molecule has 0 saturated heterocycles. The fourth-order valence-electron chi connectivity index (χ4n) is 4.27. The van der Waals surface area contributed by atoms with Gasteiger partial charge in [0.1, 0.15) is 6.54 Å². The number of carbonyl (C=O) groups excluding carboxylic acids is 2. The molecule has 2 aromatic rings. The van der Waals surface area contributed by atoms with Crippen molar-refractivity contribution in [3.05, 3.63) is 58.8 Å². The van der Waals surface area contributed by atoms with E-state index >= 15 is 0 Å². The third-order valence-electron chi connectivity index (χ3n) is 6.09. The van der Waals surface area contributed by atoms with E-state index in [1.54, 1.807) is 36.5 Å². The topological polar surface area (TPSA) is 59.1 Å². The van der Waals surface area contributed by atoms with Crippen molar-refractivity contribution in [3.63, 3.8) is 0 Å². The van der Waals surface area contributed by atoms with Crippen molar-refractivity contribution in [3.8, 4) is 11.5 Å². The molecule has 178 valence electrons. The van der Waals surface area contributed by atoms with E-state index in [0.29, 0.717) is 37.6 Å². The summed E-state index contributed by atoms with van der Waals surface area (Å²) in [7, 11) is 3.23. The van der Waals surface area contributed by atoms with Crippen molar-refractivity contribution >= 4 is 23.2 Å². The number of amides is 2. The number of thiophene rings is 1. The lowest BCUT2D eigenvalue weighted by Gasteiger charge is -2.28. The zero-order valence-electron chi connectivity index (χ0n) is 19.6. The molecule has 0 spiro atoms. The number of rotatable bonds is 12. The van der Waals surface area contributed by atoms with Crippen molar-refractivity contribution in [1.82, 2.24) is 9.80 Å². The van der Waals surface area contributed by atoms with Crippen LogP contribution in [0.5, 0.6) is 11.5 Å². The van der Waals surface area contributed by atoms with Gasteiger partial charge in [0.2, 0.25) is 11.8 Å². The number of benzene rings is 1. The molecule has 1 aliphatic carbocycles. The van der Waals surface area contributed by atoms with Gasteiger partial charge in [-0.3, -0.25) is 9.59 Å². The van der Waals surface area contributed by atoms with Gasteiger partial charge in [0.15, 0.2) is 11.5 Å². The Bertz CT molecular complexity index is 922. The summed E-state index contributed by atoms with van der Waals surface area (Å²) in [5, 5.41) is 2.01. The van der Waals surface area contributed by atoms with E-state index in [1.807, 2.05) is 40.6 Å². The Kier molecular flexibility index (Phi) is 9.36. The molecule has 1 aliphatic rings. The summed E-state index contributed by atoms with van der Waals surface area (Å²) in [6.07, 6.45) is 6.38. The molecule has 6 nitrogen and oxygen atoms in total. The standard InChI is InChI=1S/C26H34N2O4S/c1-4-14-28(26(30)21-8-5-6-9-21)19-25(29)27(18-22-10-7-16-33-22)15-13-20-11-12-23(31-2)24(17-20)32-3/h4,7,10-12,16-17,21H,1,5-6,8-9,13-15,18-19H2,2-3H3. The van der Waals surface area contributed by atoms with Gasteiger partial charge < -0.3 is 19.3 Å². The van der Waals surface area contributed by atoms with Crippen LogP contribution in [0.15, 0.2) is 48.4 Å². The van der Waals surface area contributed by atoms with Crippen LogP contribution in [0.4, 0.5) is 0 Å². The first-order valence-corrected chi connectivity index (χ1v) is 12.3. The van der Waals surface area contributed by atoms with Gasteiger partial charge in [-0.2, -0.15) is 0 Å². The number of hydrogen-bond donors (Lipinski definition) is 0. The van der Waals surface area contributed by atoms with Crippen LogP contribution < -0.4 is 9.47 Å². The summed E-state index contributed by atoms with van der Waals surface area (Å²) >= 11 is 1.63. The second-order valence-electron chi connectivity index (χ2n) is 8.32. The number of ether oxygens (including phenoxy) is 2. The largest absolute Gasteiger partial charge is 0.493 e. The molecular formula is C26H34N2O4S. The predicted molar refractivity (Wildman–Crippen MR) is 132 cm³/mol. The molecule has 2 amide bonds. The van der Waals surface area contributed by atoms with Crippen molar-refractivity contribution < 1.29 is 19.1 Å². The fourth-order valence-corrected chi connectivity index (χ4v) is 4.98. The Morgan fingerprint density at radius 2 is 1.88 bits per heavy atom. The number of carbonyl (C=O) groups is 2. The van der Waals surface area contributed by atoms with E-state index in [0.717, 1.165) is 36.1 Å². The molecule has 0 bridgehead atoms. The van der Waals surface area contributed by atoms with Crippen LogP contribution in [0.3, 0.4) is 0 Å². The Hall–Kier alpha value is -2.80. The number of hydrogen-bond acceptors (Lipinski definition) is 5. The van der Waals surface area contributed by atoms with E-state index in [-0.39, 0.29) is 24.3 Å². The Balaban J connectivity index is 1.71. The Morgan fingerprint density at radius 1 is 1.12 bits per heavy atom. The normalized spacial score (nSPS) is 13.5. The highest BCUT2D eigenvalue weighted by Crippen LogP contribution is 2.28. The summed E-state index contributed by atoms with van der Waals surface area (Å²) in [4.78, 5) is 31.0. The van der Waals surface area contributed by atoms with Gasteiger partial charge in [0.05, 0.1) is 20.8 Å². The van der Waals surface area contributed by atoms with Gasteiger partial charge in [-0.05, 0) is 48.4 Å². The Labute approximate surface area is 200 Å². The van der Waals surface area contributed by atoms with E-state index in [4.69, 9.17) is 9.47 Å². The highest BCUT2D eigenvalue weighted by Gasteiger charge is 2.29. The third kappa shape index (κ3) is 6.84. The molecule has 0 atom stereocenters. The van der Waals surface area contributed by atoms with Crippen LogP contribution >= 0.6 is 11.3 Å². The molecule has 0 aliphatic heterocycles. The van der Waals surface area contributed by atoms with Crippen molar-refractivity contribution in [2.24, 2.45) is 5.92 Å². The van der Waals surface area contributed by atoms with E-state index in [9.17, 15) is 9.59 Å². The van der Waals surface area contributed by atoms with Crippen LogP contribution in [0.1, 0.15) is 36.1 Å². The maximum Gasteiger partial charge on any atom is 0.242 e. The summed E-state index contributed by atoms with van der Waals surface area (Å²) in [5.41, 5.74) is 1.06. The molecule has 1 saturated carbocycles. The first-order chi connectivity index (χ1) is 16.0. The maximum atomic E-state index is 13.4. The molecule has 1 aromatic heterocycles. The zero-order chi connectivity index (χ0) is 23.6. The summed E-state index contributed by atoms with van der Waals surface area (Å²) in [6, 6.07) is 9.84. The van der Waals surface area contributed by atoms with Crippen molar-refractivity contribution in [1.29, 1.82) is 0 Å². The number of methoxy groups -OCH3 is 2. The molecule has 1 aromatic carbocycles. The van der Waals surface area contributed by atoms with Gasteiger partial charge in [-0.25, -0.2) is 0 Å². The van der Waals surface area contributed by atoms with Crippen molar-refractivity contribution in [2.45, 2.75) is 38.6 Å². The fraction of sp³-hybridized carbons (Fsp3) is 0.462. The first kappa shape index (κ1) is 24.8. The molecule has 1 fully saturated rings. The zero-order valence-corrected chi connectivity index (χ0v) is 20.4. The van der Waals surface area contributed by atoms with E-state index < -0.39 is 0 Å². The highest BCUT2D eigenvalue weighted by molar-refractivity contribution is 7.09. The van der Waals surface area contributed by atoms with Gasteiger partial charge in [-0.15, -0.1) is 17.9 Å². The summed E-state index contributed by atoms with van der Waals surface area (Å²) in [5.74, 6) is 1.42. The minimum atomic E-state index is -0.0444. The maximum absolute atomic E-state index is 13.4. The average molecular weight is 471 g/mol. The predicted octanol–water partition coefficient (Wildman–Crippen LogP) is 4.54. The van der Waals surface area contributed by atoms with Gasteiger partial charge in [0, 0.05) is 23.9 Å². The second-order valence-corrected chi connectivity index (χ2v) is 9.36. The van der Waals surface area contributed by atoms with Crippen LogP contribution in [0, 0.1) is 5.92 Å². The van der Waals surface area contributed by atoms with Crippen LogP contribution in [0.2, 0.25) is 0 Å². The lowest BCUT2D eigenvalue weighted by Crippen LogP contribution is -2.45. The highest BCUT2D eigenvalue weighted by atomic mass is 32.1. The molecule has 0 N–H and O–H groups in total. The van der Waals surface area contributed by atoms with Gasteiger partial charge in [0.25, 0.3) is 0 Å². The van der Waals surface area contributed by atoms with Gasteiger partial charge in [-0.1, -0.05) is 31.1 Å². The molecule has 0 unspecified atom stereocenters.